The summed E-state index contributed by atoms with van der Waals surface area (Å²) in [7, 11) is 0. The average Bonchev–Trinajstić information content (AvgIpc) is 3.33. The number of aliphatic hydroxyl groups is 1. The zero-order valence-electron chi connectivity index (χ0n) is 21.4. The number of hydrogen-bond acceptors (Lipinski definition) is 7. The lowest BCUT2D eigenvalue weighted by atomic mass is 9.98. The molecule has 3 N–H and O–H groups in total. The number of ether oxygens (including phenoxy) is 1. The van der Waals surface area contributed by atoms with Crippen molar-refractivity contribution in [1.29, 1.82) is 0 Å². The first kappa shape index (κ1) is 26.7. The normalized spacial score (nSPS) is 11.7. The van der Waals surface area contributed by atoms with Crippen LogP contribution in [0, 0.1) is 0 Å². The Kier molecular flexibility index (Phi) is 7.07. The predicted octanol–water partition coefficient (Wildman–Crippen LogP) is 5.78. The predicted molar refractivity (Wildman–Crippen MR) is 153 cm³/mol. The van der Waals surface area contributed by atoms with Gasteiger partial charge >= 0.3 is 5.97 Å². The summed E-state index contributed by atoms with van der Waals surface area (Å²) in [5.74, 6) is 0.0285. The molecular weight excluding hydrogens is 541 g/mol. The number of pyridine rings is 2. The Hall–Kier alpha value is -3.92. The maximum Gasteiger partial charge on any atom is 0.327 e. The third-order valence-electron chi connectivity index (χ3n) is 6.27. The molecule has 0 spiro atoms. The standard InChI is InChI=1S/C28H25Cl2N5O4/c1-4-39-23(36)14-35-13-16(12-32-35)15-5-6-22-19(9-15)24-18(7-8-31-27(24)37)26(33-22)34-25-20(29)10-17(11-21(25)30)28(2,3)38/h5-13,38H,4,14H2,1-3H3,(H,31,37)(H,33,34). The summed E-state index contributed by atoms with van der Waals surface area (Å²) in [6, 6.07) is 10.6. The van der Waals surface area contributed by atoms with E-state index in [1.54, 1.807) is 57.6 Å². The van der Waals surface area contributed by atoms with Crippen molar-refractivity contribution in [2.24, 2.45) is 0 Å². The van der Waals surface area contributed by atoms with Gasteiger partial charge in [0.1, 0.15) is 12.4 Å². The van der Waals surface area contributed by atoms with Crippen LogP contribution in [-0.4, -0.2) is 37.4 Å². The minimum absolute atomic E-state index is 0.00248. The first-order valence-electron chi connectivity index (χ1n) is 12.2. The number of anilines is 2. The van der Waals surface area contributed by atoms with Crippen LogP contribution in [-0.2, 0) is 21.7 Å². The molecule has 0 saturated carbocycles. The molecule has 0 unspecified atom stereocenters. The molecule has 0 atom stereocenters. The van der Waals surface area contributed by atoms with Crippen LogP contribution in [0.5, 0.6) is 0 Å². The highest BCUT2D eigenvalue weighted by Crippen LogP contribution is 2.39. The summed E-state index contributed by atoms with van der Waals surface area (Å²) >= 11 is 13.1. The molecule has 0 saturated heterocycles. The largest absolute Gasteiger partial charge is 0.465 e. The van der Waals surface area contributed by atoms with Gasteiger partial charge in [-0.1, -0.05) is 29.3 Å². The molecule has 0 fully saturated rings. The molecule has 2 aromatic carbocycles. The van der Waals surface area contributed by atoms with Gasteiger partial charge in [-0.15, -0.1) is 0 Å². The maximum absolute atomic E-state index is 13.1. The summed E-state index contributed by atoms with van der Waals surface area (Å²) in [5.41, 5.74) is 1.71. The van der Waals surface area contributed by atoms with E-state index in [-0.39, 0.29) is 18.1 Å². The minimum Gasteiger partial charge on any atom is -0.465 e. The van der Waals surface area contributed by atoms with Crippen molar-refractivity contribution in [3.8, 4) is 11.1 Å². The second kappa shape index (κ2) is 10.3. The third-order valence-corrected chi connectivity index (χ3v) is 6.87. The van der Waals surface area contributed by atoms with Crippen LogP contribution < -0.4 is 10.9 Å². The lowest BCUT2D eigenvalue weighted by Gasteiger charge is -2.20. The molecule has 0 amide bonds. The van der Waals surface area contributed by atoms with E-state index in [1.807, 2.05) is 18.2 Å². The van der Waals surface area contributed by atoms with Crippen LogP contribution in [0.15, 0.2) is 59.8 Å². The highest BCUT2D eigenvalue weighted by Gasteiger charge is 2.21. The van der Waals surface area contributed by atoms with Crippen molar-refractivity contribution < 1.29 is 14.6 Å². The topological polar surface area (TPSA) is 122 Å². The van der Waals surface area contributed by atoms with Crippen molar-refractivity contribution in [1.82, 2.24) is 19.7 Å². The molecule has 3 aromatic heterocycles. The summed E-state index contributed by atoms with van der Waals surface area (Å²) in [6.07, 6.45) is 4.94. The monoisotopic (exact) mass is 565 g/mol. The number of rotatable bonds is 7. The number of fused-ring (bicyclic) bond motifs is 3. The van der Waals surface area contributed by atoms with Gasteiger partial charge in [-0.3, -0.25) is 14.3 Å². The van der Waals surface area contributed by atoms with E-state index in [2.05, 4.69) is 15.4 Å². The molecule has 0 bridgehead atoms. The number of aromatic amines is 1. The highest BCUT2D eigenvalue weighted by atomic mass is 35.5. The zero-order valence-corrected chi connectivity index (χ0v) is 22.9. The van der Waals surface area contributed by atoms with Crippen molar-refractivity contribution in [2.75, 3.05) is 11.9 Å². The quantitative estimate of drug-likeness (QED) is 0.169. The second-order valence-corrected chi connectivity index (χ2v) is 10.3. The Morgan fingerprint density at radius 2 is 1.87 bits per heavy atom. The Morgan fingerprint density at radius 1 is 1.13 bits per heavy atom. The van der Waals surface area contributed by atoms with Crippen LogP contribution in [0.4, 0.5) is 11.5 Å². The van der Waals surface area contributed by atoms with E-state index in [4.69, 9.17) is 32.9 Å². The molecule has 0 aliphatic carbocycles. The molecule has 200 valence electrons. The Bertz CT molecular complexity index is 1770. The van der Waals surface area contributed by atoms with Gasteiger partial charge < -0.3 is 20.1 Å². The van der Waals surface area contributed by atoms with Gasteiger partial charge in [0.05, 0.1) is 45.0 Å². The fourth-order valence-electron chi connectivity index (χ4n) is 4.33. The van der Waals surface area contributed by atoms with Crippen LogP contribution >= 0.6 is 23.2 Å². The number of nitrogens with zero attached hydrogens (tertiary/aromatic N) is 3. The fraction of sp³-hybridized carbons (Fsp3) is 0.214. The third kappa shape index (κ3) is 5.34. The van der Waals surface area contributed by atoms with E-state index in [0.29, 0.717) is 55.4 Å². The first-order chi connectivity index (χ1) is 18.5. The first-order valence-corrected chi connectivity index (χ1v) is 12.9. The van der Waals surface area contributed by atoms with Crippen molar-refractivity contribution >= 4 is 62.4 Å². The molecule has 5 rings (SSSR count). The molecule has 0 aliphatic heterocycles. The lowest BCUT2D eigenvalue weighted by Crippen LogP contribution is -2.15. The number of H-pyrrole nitrogens is 1. The number of carbonyl (C=O) groups excluding carboxylic acids is 1. The van der Waals surface area contributed by atoms with Crippen molar-refractivity contribution in [2.45, 2.75) is 32.9 Å². The average molecular weight is 566 g/mol. The molecule has 5 aromatic rings. The molecule has 3 heterocycles. The summed E-state index contributed by atoms with van der Waals surface area (Å²) in [6.45, 7) is 5.34. The molecule has 9 nitrogen and oxygen atoms in total. The van der Waals surface area contributed by atoms with E-state index in [0.717, 1.165) is 11.1 Å². The smallest absolute Gasteiger partial charge is 0.327 e. The van der Waals surface area contributed by atoms with Crippen LogP contribution in [0.1, 0.15) is 26.3 Å². The Morgan fingerprint density at radius 3 is 2.56 bits per heavy atom. The van der Waals surface area contributed by atoms with Gasteiger partial charge in [0, 0.05) is 28.7 Å². The van der Waals surface area contributed by atoms with Gasteiger partial charge in [0.25, 0.3) is 5.56 Å². The summed E-state index contributed by atoms with van der Waals surface area (Å²) in [4.78, 5) is 32.4. The second-order valence-electron chi connectivity index (χ2n) is 9.52. The van der Waals surface area contributed by atoms with Gasteiger partial charge in [0.15, 0.2) is 0 Å². The molecule has 0 radical (unpaired) electrons. The van der Waals surface area contributed by atoms with Gasteiger partial charge in [0.2, 0.25) is 0 Å². The van der Waals surface area contributed by atoms with Crippen molar-refractivity contribution in [3.63, 3.8) is 0 Å². The molecule has 0 aliphatic rings. The summed E-state index contributed by atoms with van der Waals surface area (Å²) < 4.78 is 6.49. The fourth-order valence-corrected chi connectivity index (χ4v) is 4.92. The van der Waals surface area contributed by atoms with E-state index >= 15 is 0 Å². The number of nitrogens with one attached hydrogen (secondary N) is 2. The van der Waals surface area contributed by atoms with Crippen molar-refractivity contribution in [3.05, 3.63) is 81.0 Å². The van der Waals surface area contributed by atoms with E-state index in [9.17, 15) is 14.7 Å². The highest BCUT2D eigenvalue weighted by molar-refractivity contribution is 6.39. The Balaban J connectivity index is 1.59. The van der Waals surface area contributed by atoms with Crippen LogP contribution in [0.3, 0.4) is 0 Å². The molecule has 11 heteroatoms. The SMILES string of the molecule is CCOC(=O)Cn1cc(-c2ccc3nc(Nc4c(Cl)cc(C(C)(C)O)cc4Cl)c4cc[nH]c(=O)c4c3c2)cn1. The van der Waals surface area contributed by atoms with E-state index in [1.165, 1.54) is 4.68 Å². The summed E-state index contributed by atoms with van der Waals surface area (Å²) in [5, 5.41) is 20.1. The molecular formula is C28H25Cl2N5O4. The Labute approximate surface area is 233 Å². The number of halogens is 2. The van der Waals surface area contributed by atoms with Gasteiger partial charge in [-0.05, 0) is 62.2 Å². The molecule has 39 heavy (non-hydrogen) atoms. The number of aromatic nitrogens is 4. The van der Waals surface area contributed by atoms with Gasteiger partial charge in [-0.2, -0.15) is 5.10 Å². The number of hydrogen-bond donors (Lipinski definition) is 3. The maximum atomic E-state index is 13.1. The van der Waals surface area contributed by atoms with Crippen LogP contribution in [0.25, 0.3) is 32.8 Å². The number of carbonyl (C=O) groups is 1. The lowest BCUT2D eigenvalue weighted by molar-refractivity contribution is -0.144. The van der Waals surface area contributed by atoms with Gasteiger partial charge in [-0.25, -0.2) is 4.98 Å². The number of benzene rings is 2. The minimum atomic E-state index is -1.12. The number of esters is 1. The van der Waals surface area contributed by atoms with E-state index < -0.39 is 5.60 Å². The van der Waals surface area contributed by atoms with Crippen LogP contribution in [0.2, 0.25) is 10.0 Å². The zero-order chi connectivity index (χ0) is 27.9.